The molecule has 0 bridgehead atoms. The molecule has 33 heavy (non-hydrogen) atoms. The number of carbonyl (C=O) groups excluding carboxylic acids is 2. The Labute approximate surface area is 203 Å². The van der Waals surface area contributed by atoms with Crippen LogP contribution in [-0.2, 0) is 13.0 Å². The summed E-state index contributed by atoms with van der Waals surface area (Å²) in [5.41, 5.74) is 3.15. The number of methoxy groups -OCH3 is 1. The number of esters is 1. The lowest BCUT2D eigenvalue weighted by Crippen LogP contribution is -2.38. The van der Waals surface area contributed by atoms with Crippen LogP contribution in [0.3, 0.4) is 0 Å². The van der Waals surface area contributed by atoms with Gasteiger partial charge in [-0.2, -0.15) is 0 Å². The third kappa shape index (κ3) is 4.12. The quantitative estimate of drug-likeness (QED) is 0.381. The molecule has 3 heterocycles. The largest absolute Gasteiger partial charge is 0.493 e. The summed E-state index contributed by atoms with van der Waals surface area (Å²) in [5, 5.41) is 7.41. The molecular weight excluding hydrogens is 506 g/mol. The van der Waals surface area contributed by atoms with Gasteiger partial charge in [0.1, 0.15) is 11.2 Å². The van der Waals surface area contributed by atoms with Crippen molar-refractivity contribution in [3.05, 3.63) is 74.1 Å². The van der Waals surface area contributed by atoms with Crippen molar-refractivity contribution >= 4 is 44.1 Å². The van der Waals surface area contributed by atoms with Crippen LogP contribution in [0.15, 0.2) is 46.9 Å². The highest BCUT2D eigenvalue weighted by Crippen LogP contribution is 2.41. The minimum absolute atomic E-state index is 0.0702. The second-order valence-electron chi connectivity index (χ2n) is 8.03. The van der Waals surface area contributed by atoms with Gasteiger partial charge in [-0.15, -0.1) is 11.3 Å². The van der Waals surface area contributed by atoms with Crippen molar-refractivity contribution < 1.29 is 19.1 Å². The molecule has 7 nitrogen and oxygen atoms in total. The highest BCUT2D eigenvalue weighted by atomic mass is 79.9. The normalized spacial score (nSPS) is 17.4. The summed E-state index contributed by atoms with van der Waals surface area (Å²) in [6.45, 7) is 1.81. The van der Waals surface area contributed by atoms with Crippen LogP contribution in [0.1, 0.15) is 42.9 Å². The highest BCUT2D eigenvalue weighted by molar-refractivity contribution is 9.10. The number of nitrogens with zero attached hydrogens (tertiary/aromatic N) is 1. The Balaban J connectivity index is 1.39. The van der Waals surface area contributed by atoms with Gasteiger partial charge in [0.25, 0.3) is 5.91 Å². The lowest BCUT2D eigenvalue weighted by molar-refractivity contribution is 0.0728. The second-order valence-corrected chi connectivity index (χ2v) is 9.99. The maximum Gasteiger partial charge on any atom is 0.344 e. The lowest BCUT2D eigenvalue weighted by Gasteiger charge is -2.27. The molecule has 5 rings (SSSR count). The smallest absolute Gasteiger partial charge is 0.344 e. The number of likely N-dealkylation sites (N-methyl/N-ethyl adjacent to an activating group) is 1. The number of anilines is 1. The number of ether oxygens (including phenoxy) is 2. The first-order valence-electron chi connectivity index (χ1n) is 10.5. The molecule has 2 aromatic carbocycles. The standard InChI is InChI=1S/C24H22BrN3O4S/c1-28-10-9-15-19(12-28)33-23-20(15)22(29)26-21(27-23)13-7-8-17(18(11-13)31-2)32-24(30)14-5-3-4-6-16(14)25/h3-8,11,21,27H,9-10,12H2,1-2H3,(H,26,29). The molecule has 1 aromatic heterocycles. The van der Waals surface area contributed by atoms with E-state index < -0.39 is 12.1 Å². The molecule has 3 aromatic rings. The van der Waals surface area contributed by atoms with Crippen LogP contribution >= 0.6 is 27.3 Å². The van der Waals surface area contributed by atoms with Crippen LogP contribution in [-0.4, -0.2) is 37.5 Å². The molecule has 0 fully saturated rings. The van der Waals surface area contributed by atoms with Crippen molar-refractivity contribution in [1.29, 1.82) is 0 Å². The van der Waals surface area contributed by atoms with E-state index >= 15 is 0 Å². The van der Waals surface area contributed by atoms with Crippen LogP contribution in [0.2, 0.25) is 0 Å². The molecule has 2 aliphatic rings. The van der Waals surface area contributed by atoms with Gasteiger partial charge >= 0.3 is 5.97 Å². The van der Waals surface area contributed by atoms with Crippen LogP contribution in [0.4, 0.5) is 5.00 Å². The average Bonchev–Trinajstić information content (AvgIpc) is 3.17. The molecule has 0 spiro atoms. The molecule has 0 radical (unpaired) electrons. The molecule has 1 unspecified atom stereocenters. The summed E-state index contributed by atoms with van der Waals surface area (Å²) in [6, 6.07) is 12.3. The monoisotopic (exact) mass is 527 g/mol. The number of hydrogen-bond donors (Lipinski definition) is 2. The number of rotatable bonds is 4. The third-order valence-electron chi connectivity index (χ3n) is 5.84. The third-order valence-corrected chi connectivity index (χ3v) is 7.68. The van der Waals surface area contributed by atoms with Gasteiger partial charge in [0.2, 0.25) is 0 Å². The molecule has 0 aliphatic carbocycles. The summed E-state index contributed by atoms with van der Waals surface area (Å²) in [5.74, 6) is 0.150. The fraction of sp³-hybridized carbons (Fsp3) is 0.250. The zero-order chi connectivity index (χ0) is 23.1. The van der Waals surface area contributed by atoms with E-state index in [1.807, 2.05) is 12.1 Å². The Bertz CT molecular complexity index is 1260. The molecular formula is C24H22BrN3O4S. The number of nitrogens with one attached hydrogen (secondary N) is 2. The van der Waals surface area contributed by atoms with Gasteiger partial charge in [0.15, 0.2) is 11.5 Å². The molecule has 0 saturated carbocycles. The number of carbonyl (C=O) groups is 2. The number of amides is 1. The zero-order valence-electron chi connectivity index (χ0n) is 18.1. The topological polar surface area (TPSA) is 79.9 Å². The summed E-state index contributed by atoms with van der Waals surface area (Å²) in [4.78, 5) is 29.1. The summed E-state index contributed by atoms with van der Waals surface area (Å²) in [7, 11) is 3.61. The number of fused-ring (bicyclic) bond motifs is 3. The van der Waals surface area contributed by atoms with E-state index in [4.69, 9.17) is 9.47 Å². The van der Waals surface area contributed by atoms with Gasteiger partial charge in [-0.3, -0.25) is 4.79 Å². The fourth-order valence-electron chi connectivity index (χ4n) is 4.14. The summed E-state index contributed by atoms with van der Waals surface area (Å²) < 4.78 is 11.7. The molecule has 9 heteroatoms. The number of benzene rings is 2. The Morgan fingerprint density at radius 3 is 2.79 bits per heavy atom. The van der Waals surface area contributed by atoms with E-state index in [2.05, 4.69) is 38.5 Å². The Morgan fingerprint density at radius 1 is 1.18 bits per heavy atom. The first-order valence-corrected chi connectivity index (χ1v) is 12.1. The predicted molar refractivity (Wildman–Crippen MR) is 130 cm³/mol. The van der Waals surface area contributed by atoms with Crippen molar-refractivity contribution in [3.63, 3.8) is 0 Å². The first-order chi connectivity index (χ1) is 15.9. The van der Waals surface area contributed by atoms with E-state index in [1.54, 1.807) is 41.7 Å². The van der Waals surface area contributed by atoms with Gasteiger partial charge in [0.05, 0.1) is 18.2 Å². The highest BCUT2D eigenvalue weighted by Gasteiger charge is 2.33. The minimum Gasteiger partial charge on any atom is -0.493 e. The Hall–Kier alpha value is -2.88. The van der Waals surface area contributed by atoms with Crippen molar-refractivity contribution in [2.24, 2.45) is 0 Å². The second kappa shape index (κ2) is 8.81. The van der Waals surface area contributed by atoms with Crippen molar-refractivity contribution in [2.75, 3.05) is 26.0 Å². The van der Waals surface area contributed by atoms with Crippen molar-refractivity contribution in [3.8, 4) is 11.5 Å². The number of hydrogen-bond acceptors (Lipinski definition) is 7. The molecule has 2 aliphatic heterocycles. The molecule has 0 saturated heterocycles. The van der Waals surface area contributed by atoms with Crippen molar-refractivity contribution in [2.45, 2.75) is 19.1 Å². The van der Waals surface area contributed by atoms with E-state index in [0.717, 1.165) is 41.2 Å². The molecule has 170 valence electrons. The van der Waals surface area contributed by atoms with E-state index in [9.17, 15) is 9.59 Å². The lowest BCUT2D eigenvalue weighted by atomic mass is 10.0. The maximum absolute atomic E-state index is 13.0. The fourth-order valence-corrected chi connectivity index (χ4v) is 5.94. The summed E-state index contributed by atoms with van der Waals surface area (Å²) in [6.07, 6.45) is 0.466. The zero-order valence-corrected chi connectivity index (χ0v) is 20.5. The molecule has 1 amide bonds. The number of thiophene rings is 1. The van der Waals surface area contributed by atoms with Crippen molar-refractivity contribution in [1.82, 2.24) is 10.2 Å². The van der Waals surface area contributed by atoms with Gasteiger partial charge in [-0.25, -0.2) is 4.79 Å². The first kappa shape index (κ1) is 21.9. The Kier molecular flexibility index (Phi) is 5.86. The minimum atomic E-state index is -0.489. The maximum atomic E-state index is 13.0. The predicted octanol–water partition coefficient (Wildman–Crippen LogP) is 4.58. The van der Waals surface area contributed by atoms with Gasteiger partial charge in [0, 0.05) is 22.4 Å². The van der Waals surface area contributed by atoms with Gasteiger partial charge in [-0.1, -0.05) is 18.2 Å². The SMILES string of the molecule is COc1cc(C2NC(=O)c3c(sc4c3CCN(C)C4)N2)ccc1OC(=O)c1ccccc1Br. The Morgan fingerprint density at radius 2 is 2.00 bits per heavy atom. The van der Waals surface area contributed by atoms with Crippen LogP contribution in [0.25, 0.3) is 0 Å². The number of halogens is 1. The van der Waals surface area contributed by atoms with E-state index in [1.165, 1.54) is 12.0 Å². The van der Waals surface area contributed by atoms with Crippen LogP contribution in [0.5, 0.6) is 11.5 Å². The molecule has 1 atom stereocenters. The average molecular weight is 528 g/mol. The van der Waals surface area contributed by atoms with E-state index in [-0.39, 0.29) is 5.91 Å². The van der Waals surface area contributed by atoms with Crippen LogP contribution < -0.4 is 20.1 Å². The van der Waals surface area contributed by atoms with Gasteiger partial charge in [-0.05, 0) is 64.8 Å². The van der Waals surface area contributed by atoms with Crippen LogP contribution in [0, 0.1) is 0 Å². The van der Waals surface area contributed by atoms with E-state index in [0.29, 0.717) is 21.5 Å². The van der Waals surface area contributed by atoms with Gasteiger partial charge < -0.3 is 25.0 Å². The molecule has 2 N–H and O–H groups in total. The summed E-state index contributed by atoms with van der Waals surface area (Å²) >= 11 is 5.02.